The van der Waals surface area contributed by atoms with Gasteiger partial charge in [0.1, 0.15) is 5.75 Å². The molecular formula is C17H23ClN2O4S. The van der Waals surface area contributed by atoms with E-state index in [-0.39, 0.29) is 28.3 Å². The lowest BCUT2D eigenvalue weighted by Crippen LogP contribution is -2.46. The number of likely N-dealkylation sites (tertiary alicyclic amines) is 1. The summed E-state index contributed by atoms with van der Waals surface area (Å²) in [6.45, 7) is 2.24. The maximum absolute atomic E-state index is 12.9. The number of ether oxygens (including phenoxy) is 1. The fraction of sp³-hybridized carbons (Fsp3) is 0.588. The van der Waals surface area contributed by atoms with E-state index in [2.05, 4.69) is 0 Å². The largest absolute Gasteiger partial charge is 0.495 e. The van der Waals surface area contributed by atoms with Gasteiger partial charge in [-0.3, -0.25) is 4.79 Å². The van der Waals surface area contributed by atoms with E-state index in [4.69, 9.17) is 16.3 Å². The van der Waals surface area contributed by atoms with Crippen LogP contribution in [0.5, 0.6) is 5.75 Å². The molecule has 3 rings (SSSR count). The van der Waals surface area contributed by atoms with Gasteiger partial charge < -0.3 is 9.64 Å². The minimum atomic E-state index is -3.68. The summed E-state index contributed by atoms with van der Waals surface area (Å²) < 4.78 is 32.3. The number of hydrogen-bond donors (Lipinski definition) is 0. The SMILES string of the molecule is COc1ccc(S(=O)(=O)N2CCC[C@H](C(=O)N3CCCC3)C2)cc1Cl. The average Bonchev–Trinajstić information content (AvgIpc) is 3.15. The first-order valence-electron chi connectivity index (χ1n) is 8.56. The Morgan fingerprint density at radius 2 is 1.92 bits per heavy atom. The van der Waals surface area contributed by atoms with Crippen LogP contribution in [0.3, 0.4) is 0 Å². The maximum Gasteiger partial charge on any atom is 0.243 e. The van der Waals surface area contributed by atoms with Crippen molar-refractivity contribution in [1.29, 1.82) is 0 Å². The Hall–Kier alpha value is -1.31. The zero-order valence-electron chi connectivity index (χ0n) is 14.3. The summed E-state index contributed by atoms with van der Waals surface area (Å²) in [5.74, 6) is 0.266. The number of carbonyl (C=O) groups is 1. The van der Waals surface area contributed by atoms with Crippen LogP contribution in [0.1, 0.15) is 25.7 Å². The van der Waals surface area contributed by atoms with Crippen LogP contribution in [0.4, 0.5) is 0 Å². The molecule has 0 unspecified atom stereocenters. The molecule has 25 heavy (non-hydrogen) atoms. The van der Waals surface area contributed by atoms with Gasteiger partial charge in [0.2, 0.25) is 15.9 Å². The van der Waals surface area contributed by atoms with Gasteiger partial charge in [-0.2, -0.15) is 4.31 Å². The van der Waals surface area contributed by atoms with Gasteiger partial charge in [-0.1, -0.05) is 11.6 Å². The summed E-state index contributed by atoms with van der Waals surface area (Å²) >= 11 is 6.07. The van der Waals surface area contributed by atoms with E-state index < -0.39 is 10.0 Å². The fourth-order valence-electron chi connectivity index (χ4n) is 3.51. The lowest BCUT2D eigenvalue weighted by molar-refractivity contribution is -0.135. The van der Waals surface area contributed by atoms with Crippen LogP contribution in [0.15, 0.2) is 23.1 Å². The molecule has 0 spiro atoms. The summed E-state index contributed by atoms with van der Waals surface area (Å²) in [5, 5.41) is 0.255. The predicted octanol–water partition coefficient (Wildman–Crippen LogP) is 2.37. The van der Waals surface area contributed by atoms with Crippen molar-refractivity contribution in [2.75, 3.05) is 33.3 Å². The molecule has 2 aliphatic rings. The summed E-state index contributed by atoms with van der Waals surface area (Å²) in [4.78, 5) is 14.6. The van der Waals surface area contributed by atoms with Crippen molar-refractivity contribution in [2.24, 2.45) is 5.92 Å². The normalized spacial score (nSPS) is 22.2. The number of methoxy groups -OCH3 is 1. The van der Waals surface area contributed by atoms with E-state index in [0.717, 1.165) is 32.4 Å². The quantitative estimate of drug-likeness (QED) is 0.796. The number of carbonyl (C=O) groups excluding carboxylic acids is 1. The zero-order valence-corrected chi connectivity index (χ0v) is 15.9. The molecule has 6 nitrogen and oxygen atoms in total. The first-order valence-corrected chi connectivity index (χ1v) is 10.4. The van der Waals surface area contributed by atoms with Crippen molar-refractivity contribution in [3.05, 3.63) is 23.2 Å². The van der Waals surface area contributed by atoms with Gasteiger partial charge in [-0.15, -0.1) is 0 Å². The molecular weight excluding hydrogens is 364 g/mol. The Bertz CT molecular complexity index is 747. The molecule has 2 saturated heterocycles. The van der Waals surface area contributed by atoms with Crippen molar-refractivity contribution in [3.8, 4) is 5.75 Å². The van der Waals surface area contributed by atoms with Gasteiger partial charge in [0.05, 0.1) is 22.9 Å². The summed E-state index contributed by atoms with van der Waals surface area (Å²) in [6, 6.07) is 4.44. The lowest BCUT2D eigenvalue weighted by atomic mass is 9.98. The molecule has 1 amide bonds. The van der Waals surface area contributed by atoms with Crippen molar-refractivity contribution in [2.45, 2.75) is 30.6 Å². The monoisotopic (exact) mass is 386 g/mol. The standard InChI is InChI=1S/C17H23ClN2O4S/c1-24-16-7-6-14(11-15(16)18)25(22,23)20-10-4-5-13(12-20)17(21)19-8-2-3-9-19/h6-7,11,13H,2-5,8-10,12H2,1H3/t13-/m0/s1. The highest BCUT2D eigenvalue weighted by Crippen LogP contribution is 2.30. The molecule has 2 fully saturated rings. The first-order chi connectivity index (χ1) is 11.9. The molecule has 0 aromatic heterocycles. The number of sulfonamides is 1. The Labute approximate surface area is 153 Å². The maximum atomic E-state index is 12.9. The number of halogens is 1. The Kier molecular flexibility index (Phi) is 5.55. The zero-order chi connectivity index (χ0) is 18.0. The minimum Gasteiger partial charge on any atom is -0.495 e. The van der Waals surface area contributed by atoms with Crippen LogP contribution >= 0.6 is 11.6 Å². The summed E-state index contributed by atoms with van der Waals surface area (Å²) in [5.41, 5.74) is 0. The van der Waals surface area contributed by atoms with Crippen LogP contribution in [0, 0.1) is 5.92 Å². The first kappa shape index (κ1) is 18.5. The minimum absolute atomic E-state index is 0.0881. The van der Waals surface area contributed by atoms with Crippen LogP contribution < -0.4 is 4.74 Å². The third-order valence-electron chi connectivity index (χ3n) is 4.91. The second-order valence-corrected chi connectivity index (χ2v) is 8.88. The van der Waals surface area contributed by atoms with E-state index >= 15 is 0 Å². The van der Waals surface area contributed by atoms with Gasteiger partial charge in [-0.25, -0.2) is 8.42 Å². The molecule has 0 bridgehead atoms. The van der Waals surface area contributed by atoms with E-state index in [1.165, 1.54) is 23.5 Å². The van der Waals surface area contributed by atoms with Gasteiger partial charge in [0.25, 0.3) is 0 Å². The number of nitrogens with zero attached hydrogens (tertiary/aromatic N) is 2. The third-order valence-corrected chi connectivity index (χ3v) is 7.07. The molecule has 8 heteroatoms. The lowest BCUT2D eigenvalue weighted by Gasteiger charge is -2.33. The van der Waals surface area contributed by atoms with Crippen molar-refractivity contribution >= 4 is 27.5 Å². The summed E-state index contributed by atoms with van der Waals surface area (Å²) in [6.07, 6.45) is 3.49. The van der Waals surface area contributed by atoms with Crippen LogP contribution in [0.2, 0.25) is 5.02 Å². The molecule has 138 valence electrons. The molecule has 0 aliphatic carbocycles. The second kappa shape index (κ2) is 7.51. The number of amides is 1. The number of piperidine rings is 1. The Morgan fingerprint density at radius 3 is 2.56 bits per heavy atom. The van der Waals surface area contributed by atoms with Gasteiger partial charge in [0, 0.05) is 26.2 Å². The van der Waals surface area contributed by atoms with E-state index in [0.29, 0.717) is 18.7 Å². The topological polar surface area (TPSA) is 66.9 Å². The van der Waals surface area contributed by atoms with Crippen molar-refractivity contribution in [1.82, 2.24) is 9.21 Å². The van der Waals surface area contributed by atoms with E-state index in [1.807, 2.05) is 4.90 Å². The number of benzene rings is 1. The van der Waals surface area contributed by atoms with E-state index in [9.17, 15) is 13.2 Å². The molecule has 1 aromatic rings. The van der Waals surface area contributed by atoms with Crippen LogP contribution in [-0.4, -0.2) is 56.8 Å². The summed E-state index contributed by atoms with van der Waals surface area (Å²) in [7, 11) is -2.20. The van der Waals surface area contributed by atoms with Crippen molar-refractivity contribution in [3.63, 3.8) is 0 Å². The second-order valence-electron chi connectivity index (χ2n) is 6.53. The third kappa shape index (κ3) is 3.78. The van der Waals surface area contributed by atoms with E-state index in [1.54, 1.807) is 6.07 Å². The molecule has 2 heterocycles. The van der Waals surface area contributed by atoms with Crippen LogP contribution in [0.25, 0.3) is 0 Å². The smallest absolute Gasteiger partial charge is 0.243 e. The molecule has 0 saturated carbocycles. The fourth-order valence-corrected chi connectivity index (χ4v) is 5.39. The Balaban J connectivity index is 1.77. The molecule has 1 atom stereocenters. The highest BCUT2D eigenvalue weighted by atomic mass is 35.5. The highest BCUT2D eigenvalue weighted by Gasteiger charge is 2.35. The molecule has 1 aromatic carbocycles. The number of rotatable bonds is 4. The predicted molar refractivity (Wildman–Crippen MR) is 95.3 cm³/mol. The van der Waals surface area contributed by atoms with Gasteiger partial charge >= 0.3 is 0 Å². The van der Waals surface area contributed by atoms with Crippen LogP contribution in [-0.2, 0) is 14.8 Å². The average molecular weight is 387 g/mol. The van der Waals surface area contributed by atoms with Gasteiger partial charge in [-0.05, 0) is 43.9 Å². The molecule has 0 radical (unpaired) electrons. The van der Waals surface area contributed by atoms with Gasteiger partial charge in [0.15, 0.2) is 0 Å². The van der Waals surface area contributed by atoms with Crippen molar-refractivity contribution < 1.29 is 17.9 Å². The Morgan fingerprint density at radius 1 is 1.20 bits per heavy atom. The molecule has 0 N–H and O–H groups in total. The highest BCUT2D eigenvalue weighted by molar-refractivity contribution is 7.89. The molecule has 2 aliphatic heterocycles. The number of hydrogen-bond acceptors (Lipinski definition) is 4.